The average Bonchev–Trinajstić information content (AvgIpc) is 3.03. The van der Waals surface area contributed by atoms with Gasteiger partial charge in [0.25, 0.3) is 17.5 Å². The zero-order valence-electron chi connectivity index (χ0n) is 16.4. The Morgan fingerprint density at radius 1 is 0.818 bits per heavy atom. The van der Waals surface area contributed by atoms with Crippen LogP contribution < -0.4 is 9.64 Å². The van der Waals surface area contributed by atoms with Crippen molar-refractivity contribution >= 4 is 35.1 Å². The van der Waals surface area contributed by atoms with Crippen molar-refractivity contribution in [1.82, 2.24) is 0 Å². The van der Waals surface area contributed by atoms with Crippen molar-refractivity contribution in [3.8, 4) is 11.5 Å². The number of fused-ring (bicyclic) bond motifs is 1. The number of amides is 2. The summed E-state index contributed by atoms with van der Waals surface area (Å²) in [6.07, 6.45) is 0. The Balaban J connectivity index is 1.70. The van der Waals surface area contributed by atoms with Gasteiger partial charge in [0.05, 0.1) is 38.9 Å². The van der Waals surface area contributed by atoms with Gasteiger partial charge in [-0.25, -0.2) is 14.5 Å². The van der Waals surface area contributed by atoms with Gasteiger partial charge in [-0.1, -0.05) is 6.07 Å². The number of rotatable bonds is 6. The summed E-state index contributed by atoms with van der Waals surface area (Å²) in [4.78, 5) is 59.6. The Morgan fingerprint density at radius 2 is 1.42 bits per heavy atom. The van der Waals surface area contributed by atoms with E-state index < -0.39 is 39.8 Å². The van der Waals surface area contributed by atoms with Crippen molar-refractivity contribution in [2.24, 2.45) is 0 Å². The van der Waals surface area contributed by atoms with Crippen LogP contribution in [0.2, 0.25) is 0 Å². The number of aromatic carboxylic acids is 2. The predicted octanol–water partition coefficient (Wildman–Crippen LogP) is 3.58. The lowest BCUT2D eigenvalue weighted by Gasteiger charge is -2.15. The van der Waals surface area contributed by atoms with E-state index in [0.29, 0.717) is 4.90 Å². The molecule has 3 aromatic rings. The topological polar surface area (TPSA) is 164 Å². The number of benzene rings is 3. The summed E-state index contributed by atoms with van der Waals surface area (Å²) in [5.74, 6) is -4.16. The fourth-order valence-corrected chi connectivity index (χ4v) is 3.30. The SMILES string of the molecule is O=C(O)c1cc(C(=O)O)cc(N2C(=O)c3ccc(Oc4cccc([N+](=O)[O-])c4)cc3C2=O)c1. The van der Waals surface area contributed by atoms with Crippen LogP contribution in [0.3, 0.4) is 0 Å². The first-order valence-corrected chi connectivity index (χ1v) is 9.22. The minimum atomic E-state index is -1.43. The molecule has 2 amide bonds. The number of carboxylic acid groups (broad SMARTS) is 2. The Morgan fingerprint density at radius 3 is 2.03 bits per heavy atom. The van der Waals surface area contributed by atoms with Crippen molar-refractivity contribution in [3.05, 3.63) is 93.0 Å². The highest BCUT2D eigenvalue weighted by molar-refractivity contribution is 6.34. The molecule has 1 heterocycles. The van der Waals surface area contributed by atoms with Crippen LogP contribution in [-0.2, 0) is 0 Å². The first-order chi connectivity index (χ1) is 15.7. The standard InChI is InChI=1S/C22H12N2O9/c25-19-17-5-4-16(33-15-3-1-2-13(9-15)24(31)32)10-18(17)20(26)23(19)14-7-11(21(27)28)6-12(8-14)22(29)30/h1-10H,(H,27,28)(H,29,30). The van der Waals surface area contributed by atoms with Gasteiger partial charge < -0.3 is 14.9 Å². The number of hydrogen-bond acceptors (Lipinski definition) is 7. The lowest BCUT2D eigenvalue weighted by atomic mass is 10.1. The predicted molar refractivity (Wildman–Crippen MR) is 111 cm³/mol. The smallest absolute Gasteiger partial charge is 0.335 e. The van der Waals surface area contributed by atoms with E-state index in [4.69, 9.17) is 4.74 Å². The second-order valence-corrected chi connectivity index (χ2v) is 6.89. The quantitative estimate of drug-likeness (QED) is 0.326. The van der Waals surface area contributed by atoms with E-state index in [1.807, 2.05) is 0 Å². The summed E-state index contributed by atoms with van der Waals surface area (Å²) in [6, 6.07) is 12.3. The van der Waals surface area contributed by atoms with Crippen LogP contribution in [0.4, 0.5) is 11.4 Å². The van der Waals surface area contributed by atoms with E-state index in [0.717, 1.165) is 18.2 Å². The lowest BCUT2D eigenvalue weighted by molar-refractivity contribution is -0.384. The van der Waals surface area contributed by atoms with E-state index in [1.165, 1.54) is 42.5 Å². The third kappa shape index (κ3) is 3.85. The summed E-state index contributed by atoms with van der Waals surface area (Å²) in [6.45, 7) is 0. The van der Waals surface area contributed by atoms with Crippen LogP contribution in [0.5, 0.6) is 11.5 Å². The van der Waals surface area contributed by atoms with E-state index in [1.54, 1.807) is 0 Å². The second-order valence-electron chi connectivity index (χ2n) is 6.89. The van der Waals surface area contributed by atoms with Gasteiger partial charge in [0.2, 0.25) is 0 Å². The Kier molecular flexibility index (Phi) is 5.06. The molecule has 0 radical (unpaired) electrons. The van der Waals surface area contributed by atoms with Gasteiger partial charge in [-0.15, -0.1) is 0 Å². The number of carbonyl (C=O) groups is 4. The molecule has 0 atom stereocenters. The summed E-state index contributed by atoms with van der Waals surface area (Å²) < 4.78 is 5.58. The van der Waals surface area contributed by atoms with Gasteiger partial charge in [0.1, 0.15) is 11.5 Å². The first-order valence-electron chi connectivity index (χ1n) is 9.22. The number of nitrogens with zero attached hydrogens (tertiary/aromatic N) is 2. The fourth-order valence-electron chi connectivity index (χ4n) is 3.30. The minimum absolute atomic E-state index is 0.00370. The van der Waals surface area contributed by atoms with Crippen molar-refractivity contribution in [3.63, 3.8) is 0 Å². The van der Waals surface area contributed by atoms with E-state index >= 15 is 0 Å². The van der Waals surface area contributed by atoms with Crippen molar-refractivity contribution in [1.29, 1.82) is 0 Å². The minimum Gasteiger partial charge on any atom is -0.478 e. The van der Waals surface area contributed by atoms with Crippen LogP contribution in [-0.4, -0.2) is 38.9 Å². The molecule has 2 N–H and O–H groups in total. The number of carboxylic acids is 2. The highest BCUT2D eigenvalue weighted by Crippen LogP contribution is 2.34. The summed E-state index contributed by atoms with van der Waals surface area (Å²) in [5, 5.41) is 29.4. The molecular weight excluding hydrogens is 436 g/mol. The Hall–Kier alpha value is -5.06. The molecule has 0 fully saturated rings. The number of non-ortho nitro benzene ring substituents is 1. The largest absolute Gasteiger partial charge is 0.478 e. The van der Waals surface area contributed by atoms with Gasteiger partial charge in [0, 0.05) is 6.07 Å². The molecule has 164 valence electrons. The third-order valence-electron chi connectivity index (χ3n) is 4.79. The average molecular weight is 448 g/mol. The van der Waals surface area contributed by atoms with E-state index in [-0.39, 0.29) is 34.0 Å². The highest BCUT2D eigenvalue weighted by atomic mass is 16.6. The number of nitro benzene ring substituents is 1. The molecule has 0 aromatic heterocycles. The molecule has 0 aliphatic carbocycles. The Labute approximate surface area is 184 Å². The molecule has 4 rings (SSSR count). The van der Waals surface area contributed by atoms with Gasteiger partial charge in [-0.2, -0.15) is 0 Å². The van der Waals surface area contributed by atoms with Crippen LogP contribution >= 0.6 is 0 Å². The van der Waals surface area contributed by atoms with Gasteiger partial charge in [-0.3, -0.25) is 19.7 Å². The number of imide groups is 1. The first kappa shape index (κ1) is 21.2. The van der Waals surface area contributed by atoms with Crippen LogP contribution in [0.15, 0.2) is 60.7 Å². The van der Waals surface area contributed by atoms with E-state index in [2.05, 4.69) is 0 Å². The van der Waals surface area contributed by atoms with Crippen molar-refractivity contribution < 1.29 is 39.1 Å². The zero-order valence-corrected chi connectivity index (χ0v) is 16.4. The maximum atomic E-state index is 13.0. The number of nitro groups is 1. The van der Waals surface area contributed by atoms with Crippen molar-refractivity contribution in [2.45, 2.75) is 0 Å². The Bertz CT molecular complexity index is 1350. The third-order valence-corrected chi connectivity index (χ3v) is 4.79. The molecule has 11 nitrogen and oxygen atoms in total. The van der Waals surface area contributed by atoms with E-state index in [9.17, 15) is 39.5 Å². The molecule has 0 saturated heterocycles. The lowest BCUT2D eigenvalue weighted by Crippen LogP contribution is -2.29. The van der Waals surface area contributed by atoms with Gasteiger partial charge in [0.15, 0.2) is 0 Å². The summed E-state index contributed by atoms with van der Waals surface area (Å²) >= 11 is 0. The molecule has 1 aliphatic rings. The fraction of sp³-hybridized carbons (Fsp3) is 0. The number of carbonyl (C=O) groups excluding carboxylic acids is 2. The summed E-state index contributed by atoms with van der Waals surface area (Å²) in [7, 11) is 0. The molecule has 0 unspecified atom stereocenters. The number of ether oxygens (including phenoxy) is 1. The number of anilines is 1. The van der Waals surface area contributed by atoms with Gasteiger partial charge >= 0.3 is 11.9 Å². The number of hydrogen-bond donors (Lipinski definition) is 2. The van der Waals surface area contributed by atoms with Gasteiger partial charge in [-0.05, 0) is 42.5 Å². The highest BCUT2D eigenvalue weighted by Gasteiger charge is 2.37. The van der Waals surface area contributed by atoms with Crippen LogP contribution in [0, 0.1) is 10.1 Å². The molecule has 11 heteroatoms. The normalized spacial score (nSPS) is 12.4. The maximum Gasteiger partial charge on any atom is 0.335 e. The van der Waals surface area contributed by atoms with Crippen LogP contribution in [0.1, 0.15) is 41.4 Å². The molecule has 0 spiro atoms. The monoisotopic (exact) mass is 448 g/mol. The molecule has 0 bridgehead atoms. The molecule has 3 aromatic carbocycles. The summed E-state index contributed by atoms with van der Waals surface area (Å²) in [5.41, 5.74) is -1.27. The van der Waals surface area contributed by atoms with Crippen molar-refractivity contribution in [2.75, 3.05) is 4.90 Å². The van der Waals surface area contributed by atoms with Crippen LogP contribution in [0.25, 0.3) is 0 Å². The zero-order chi connectivity index (χ0) is 23.9. The molecule has 33 heavy (non-hydrogen) atoms. The molecule has 1 aliphatic heterocycles. The maximum absolute atomic E-state index is 13.0. The molecular formula is C22H12N2O9. The molecule has 0 saturated carbocycles. The second kappa shape index (κ2) is 7.89.